The summed E-state index contributed by atoms with van der Waals surface area (Å²) >= 11 is 5.91. The summed E-state index contributed by atoms with van der Waals surface area (Å²) in [4.78, 5) is 34.6. The lowest BCUT2D eigenvalue weighted by Gasteiger charge is -2.32. The first-order chi connectivity index (χ1) is 16.0. The molecule has 0 bridgehead atoms. The van der Waals surface area contributed by atoms with E-state index in [1.54, 1.807) is 21.3 Å². The lowest BCUT2D eigenvalue weighted by atomic mass is 10.2. The van der Waals surface area contributed by atoms with Gasteiger partial charge in [-0.25, -0.2) is 14.1 Å². The number of carbonyl (C=O) groups is 1. The summed E-state index contributed by atoms with van der Waals surface area (Å²) < 4.78 is 16.4. The van der Waals surface area contributed by atoms with Crippen LogP contribution in [0.1, 0.15) is 42.9 Å². The number of carbonyl (C=O) groups excluding carboxylic acids is 1. The molecule has 34 heavy (non-hydrogen) atoms. The van der Waals surface area contributed by atoms with Crippen molar-refractivity contribution in [2.75, 3.05) is 27.2 Å². The summed E-state index contributed by atoms with van der Waals surface area (Å²) in [6.45, 7) is 6.44. The molecule has 1 aliphatic rings. The molecule has 1 N–H and O–H groups in total. The van der Waals surface area contributed by atoms with E-state index in [0.29, 0.717) is 30.0 Å². The highest BCUT2D eigenvalue weighted by atomic mass is 35.5. The van der Waals surface area contributed by atoms with Crippen molar-refractivity contribution >= 4 is 40.1 Å². The first kappa shape index (κ1) is 23.7. The topological polar surface area (TPSA) is 96.0 Å². The largest absolute Gasteiger partial charge is 0.505 e. The van der Waals surface area contributed by atoms with Gasteiger partial charge in [-0.15, -0.1) is 5.10 Å². The van der Waals surface area contributed by atoms with E-state index in [-0.39, 0.29) is 46.2 Å². The van der Waals surface area contributed by atoms with Crippen LogP contribution in [0.3, 0.4) is 0 Å². The van der Waals surface area contributed by atoms with Gasteiger partial charge in [-0.05, 0) is 38.5 Å². The van der Waals surface area contributed by atoms with E-state index in [9.17, 15) is 19.1 Å². The number of halogens is 2. The van der Waals surface area contributed by atoms with Crippen molar-refractivity contribution < 1.29 is 14.3 Å². The van der Waals surface area contributed by atoms with Crippen molar-refractivity contribution in [3.8, 4) is 5.75 Å². The number of aromatic hydroxyl groups is 1. The molecule has 0 saturated carbocycles. The Morgan fingerprint density at radius 1 is 1.35 bits per heavy atom. The maximum atomic E-state index is 13.6. The fourth-order valence-corrected chi connectivity index (χ4v) is 4.34. The molecule has 0 saturated heterocycles. The van der Waals surface area contributed by atoms with Gasteiger partial charge in [-0.2, -0.15) is 0 Å². The van der Waals surface area contributed by atoms with Crippen LogP contribution in [0.15, 0.2) is 28.0 Å². The molecule has 1 amide bonds. The molecule has 0 fully saturated rings. The van der Waals surface area contributed by atoms with Crippen molar-refractivity contribution in [2.24, 2.45) is 4.99 Å². The Balaban J connectivity index is 2.03. The number of benzene rings is 1. The Kier molecular flexibility index (Phi) is 6.11. The van der Waals surface area contributed by atoms with Gasteiger partial charge < -0.3 is 19.5 Å². The van der Waals surface area contributed by atoms with Crippen LogP contribution < -0.4 is 5.56 Å². The summed E-state index contributed by atoms with van der Waals surface area (Å²) in [6.07, 6.45) is 0. The van der Waals surface area contributed by atoms with Gasteiger partial charge in [0, 0.05) is 33.2 Å². The highest BCUT2D eigenvalue weighted by Crippen LogP contribution is 2.40. The number of hydrogen-bond donors (Lipinski definition) is 1. The van der Waals surface area contributed by atoms with E-state index in [2.05, 4.69) is 10.1 Å². The minimum absolute atomic E-state index is 0.0250. The number of nitrogens with zero attached hydrogens (tertiary/aromatic N) is 6. The fourth-order valence-electron chi connectivity index (χ4n) is 4.13. The molecule has 0 unspecified atom stereocenters. The minimum atomic E-state index is -0.584. The monoisotopic (exact) mass is 488 g/mol. The normalized spacial score (nSPS) is 16.3. The maximum Gasteiger partial charge on any atom is 0.280 e. The summed E-state index contributed by atoms with van der Waals surface area (Å²) in [5.74, 6) is -0.505. The Labute approximate surface area is 200 Å². The molecule has 0 spiro atoms. The molecule has 1 aliphatic heterocycles. The van der Waals surface area contributed by atoms with Crippen LogP contribution >= 0.6 is 11.6 Å². The number of fused-ring (bicyclic) bond motifs is 3. The van der Waals surface area contributed by atoms with Crippen molar-refractivity contribution in [3.63, 3.8) is 0 Å². The molecule has 0 radical (unpaired) electrons. The number of amides is 1. The first-order valence-electron chi connectivity index (χ1n) is 10.9. The van der Waals surface area contributed by atoms with Gasteiger partial charge in [-0.1, -0.05) is 17.7 Å². The third-order valence-electron chi connectivity index (χ3n) is 6.08. The fraction of sp³-hybridized carbons (Fsp3) is 0.391. The SMILES string of the molecule is CCN1C[C@H](C)n2c(c(O)c3c(=O)n(Cc4ccc(F)c(Cl)c4)nc(/N=C(\C)N(C)C)c32)C1=O. The van der Waals surface area contributed by atoms with E-state index < -0.39 is 11.4 Å². The van der Waals surface area contributed by atoms with Crippen molar-refractivity contribution in [3.05, 3.63) is 50.7 Å². The summed E-state index contributed by atoms with van der Waals surface area (Å²) in [5.41, 5.74) is 0.323. The molecule has 3 heterocycles. The van der Waals surface area contributed by atoms with E-state index in [0.717, 1.165) is 4.68 Å². The average Bonchev–Trinajstić information content (AvgIpc) is 3.10. The van der Waals surface area contributed by atoms with Crippen LogP contribution in [-0.4, -0.2) is 68.2 Å². The Bertz CT molecular complexity index is 1390. The second kappa shape index (κ2) is 8.75. The quantitative estimate of drug-likeness (QED) is 0.448. The van der Waals surface area contributed by atoms with Gasteiger partial charge >= 0.3 is 0 Å². The summed E-state index contributed by atoms with van der Waals surface area (Å²) in [7, 11) is 3.64. The average molecular weight is 489 g/mol. The molecular weight excluding hydrogens is 463 g/mol. The molecular formula is C23H26ClFN6O3. The molecule has 1 aromatic carbocycles. The van der Waals surface area contributed by atoms with Gasteiger partial charge in [0.2, 0.25) is 0 Å². The minimum Gasteiger partial charge on any atom is -0.505 e. The Hall–Kier alpha value is -3.40. The van der Waals surface area contributed by atoms with Crippen LogP contribution in [0.4, 0.5) is 10.2 Å². The van der Waals surface area contributed by atoms with E-state index in [4.69, 9.17) is 11.6 Å². The Morgan fingerprint density at radius 2 is 2.06 bits per heavy atom. The number of amidine groups is 1. The van der Waals surface area contributed by atoms with Crippen molar-refractivity contribution in [2.45, 2.75) is 33.4 Å². The van der Waals surface area contributed by atoms with Crippen LogP contribution in [0, 0.1) is 5.82 Å². The summed E-state index contributed by atoms with van der Waals surface area (Å²) in [6, 6.07) is 3.92. The lowest BCUT2D eigenvalue weighted by molar-refractivity contribution is 0.0686. The lowest BCUT2D eigenvalue weighted by Crippen LogP contribution is -2.41. The standard InChI is InChI=1S/C23H26ClFN6O3/c1-6-29-10-12(2)31-18-17(20(32)19(31)23(29)34)22(33)30(27-21(18)26-13(3)28(4)5)11-14-7-8-16(25)15(24)9-14/h7-9,12,32H,6,10-11H2,1-5H3/b26-13+/t12-/m0/s1. The van der Waals surface area contributed by atoms with Crippen molar-refractivity contribution in [1.29, 1.82) is 0 Å². The third-order valence-corrected chi connectivity index (χ3v) is 6.37. The highest BCUT2D eigenvalue weighted by Gasteiger charge is 2.36. The van der Waals surface area contributed by atoms with Gasteiger partial charge in [0.05, 0.1) is 11.6 Å². The van der Waals surface area contributed by atoms with Crippen LogP contribution in [0.25, 0.3) is 10.9 Å². The van der Waals surface area contributed by atoms with Gasteiger partial charge in [0.15, 0.2) is 17.3 Å². The zero-order valence-corrected chi connectivity index (χ0v) is 20.4. The molecule has 180 valence electrons. The number of likely N-dealkylation sites (N-methyl/N-ethyl adjacent to an activating group) is 1. The molecule has 3 aromatic rings. The molecule has 4 rings (SSSR count). The molecule has 9 nitrogen and oxygen atoms in total. The zero-order chi connectivity index (χ0) is 24.9. The smallest absolute Gasteiger partial charge is 0.280 e. The van der Waals surface area contributed by atoms with Crippen molar-refractivity contribution in [1.82, 2.24) is 24.1 Å². The highest BCUT2D eigenvalue weighted by molar-refractivity contribution is 6.30. The number of aliphatic imine (C=N–C) groups is 1. The van der Waals surface area contributed by atoms with E-state index >= 15 is 0 Å². The molecule has 11 heteroatoms. The third kappa shape index (κ3) is 3.81. The number of rotatable bonds is 4. The second-order valence-electron chi connectivity index (χ2n) is 8.57. The number of hydrogen-bond acceptors (Lipinski definition) is 5. The van der Waals surface area contributed by atoms with Crippen LogP contribution in [0.2, 0.25) is 5.02 Å². The van der Waals surface area contributed by atoms with Gasteiger partial charge in [0.25, 0.3) is 11.5 Å². The maximum absolute atomic E-state index is 13.6. The second-order valence-corrected chi connectivity index (χ2v) is 8.98. The van der Waals surface area contributed by atoms with Gasteiger partial charge in [-0.3, -0.25) is 9.59 Å². The molecule has 1 atom stereocenters. The molecule has 0 aliphatic carbocycles. The van der Waals surface area contributed by atoms with E-state index in [1.807, 2.05) is 27.9 Å². The van der Waals surface area contributed by atoms with Crippen LogP contribution in [0.5, 0.6) is 5.75 Å². The number of aromatic nitrogens is 3. The van der Waals surface area contributed by atoms with E-state index in [1.165, 1.54) is 18.2 Å². The first-order valence-corrected chi connectivity index (χ1v) is 11.3. The predicted octanol–water partition coefficient (Wildman–Crippen LogP) is 3.39. The predicted molar refractivity (Wildman–Crippen MR) is 129 cm³/mol. The van der Waals surface area contributed by atoms with Gasteiger partial charge in [0.1, 0.15) is 22.6 Å². The molecule has 2 aromatic heterocycles. The zero-order valence-electron chi connectivity index (χ0n) is 19.6. The summed E-state index contributed by atoms with van der Waals surface area (Å²) in [5, 5.41) is 15.5. The van der Waals surface area contributed by atoms with Crippen LogP contribution in [-0.2, 0) is 6.54 Å². The Morgan fingerprint density at radius 3 is 2.68 bits per heavy atom.